The average molecular weight is 514 g/mol. The Morgan fingerprint density at radius 1 is 1.14 bits per heavy atom. The first-order valence-corrected chi connectivity index (χ1v) is 12.8. The standard InChI is InChI=1S/C25H24ClN3O5S/c1-16-8-11-22(17(2)12-16)27(35(33,34)20-9-10-21(26)24(14-20)29(31)32)15-25(30)28-18(3)13-19-6-4-5-7-23(19)28/h4-12,14,18H,13,15H2,1-3H3/t18-/m0/s1. The van der Waals surface area contributed by atoms with Crippen LogP contribution < -0.4 is 9.21 Å². The van der Waals surface area contributed by atoms with Gasteiger partial charge in [0.2, 0.25) is 5.91 Å². The van der Waals surface area contributed by atoms with Gasteiger partial charge in [-0.2, -0.15) is 0 Å². The van der Waals surface area contributed by atoms with Crippen molar-refractivity contribution in [2.45, 2.75) is 38.1 Å². The fourth-order valence-electron chi connectivity index (χ4n) is 4.45. The Balaban J connectivity index is 1.80. The molecule has 3 aromatic rings. The molecule has 0 saturated heterocycles. The number of sulfonamides is 1. The largest absolute Gasteiger partial charge is 0.307 e. The molecule has 0 fully saturated rings. The van der Waals surface area contributed by atoms with Crippen molar-refractivity contribution in [1.82, 2.24) is 0 Å². The molecule has 0 radical (unpaired) electrons. The Bertz CT molecular complexity index is 1440. The molecule has 4 rings (SSSR count). The molecule has 3 aromatic carbocycles. The van der Waals surface area contributed by atoms with Crippen molar-refractivity contribution >= 4 is 44.6 Å². The molecule has 0 aliphatic carbocycles. The number of fused-ring (bicyclic) bond motifs is 1. The number of carbonyl (C=O) groups is 1. The van der Waals surface area contributed by atoms with Gasteiger partial charge in [-0.1, -0.05) is 47.5 Å². The minimum absolute atomic E-state index is 0.139. The van der Waals surface area contributed by atoms with Gasteiger partial charge in [0.15, 0.2) is 0 Å². The van der Waals surface area contributed by atoms with E-state index in [-0.39, 0.29) is 16.0 Å². The number of nitro groups is 1. The number of carbonyl (C=O) groups excluding carboxylic acids is 1. The zero-order valence-corrected chi connectivity index (χ0v) is 21.0. The smallest absolute Gasteiger partial charge is 0.289 e. The molecule has 0 spiro atoms. The lowest BCUT2D eigenvalue weighted by molar-refractivity contribution is -0.384. The molecule has 1 aliphatic rings. The highest BCUT2D eigenvalue weighted by atomic mass is 35.5. The van der Waals surface area contributed by atoms with Gasteiger partial charge in [-0.15, -0.1) is 0 Å². The topological polar surface area (TPSA) is 101 Å². The highest BCUT2D eigenvalue weighted by Gasteiger charge is 2.35. The molecule has 35 heavy (non-hydrogen) atoms. The van der Waals surface area contributed by atoms with Crippen molar-refractivity contribution in [2.24, 2.45) is 0 Å². The summed E-state index contributed by atoms with van der Waals surface area (Å²) in [4.78, 5) is 25.5. The van der Waals surface area contributed by atoms with Gasteiger partial charge in [0.1, 0.15) is 11.6 Å². The number of aryl methyl sites for hydroxylation is 2. The van der Waals surface area contributed by atoms with E-state index >= 15 is 0 Å². The van der Waals surface area contributed by atoms with E-state index in [9.17, 15) is 23.3 Å². The Morgan fingerprint density at radius 2 is 1.86 bits per heavy atom. The van der Waals surface area contributed by atoms with Crippen LogP contribution in [0.1, 0.15) is 23.6 Å². The number of benzene rings is 3. The second-order valence-electron chi connectivity index (χ2n) is 8.62. The van der Waals surface area contributed by atoms with Gasteiger partial charge in [-0.05, 0) is 62.6 Å². The number of hydrogen-bond acceptors (Lipinski definition) is 5. The Morgan fingerprint density at radius 3 is 2.54 bits per heavy atom. The average Bonchev–Trinajstić information content (AvgIpc) is 3.13. The third kappa shape index (κ3) is 4.61. The SMILES string of the molecule is Cc1ccc(N(CC(=O)N2c3ccccc3C[C@@H]2C)S(=O)(=O)c2ccc(Cl)c([N+](=O)[O-])c2)c(C)c1. The minimum atomic E-state index is -4.36. The summed E-state index contributed by atoms with van der Waals surface area (Å²) in [5.74, 6) is -0.394. The molecule has 0 N–H and O–H groups in total. The van der Waals surface area contributed by atoms with Crippen molar-refractivity contribution in [3.05, 3.63) is 92.5 Å². The van der Waals surface area contributed by atoms with E-state index in [0.717, 1.165) is 27.2 Å². The maximum atomic E-state index is 13.8. The van der Waals surface area contributed by atoms with Crippen LogP contribution in [0.3, 0.4) is 0 Å². The first kappa shape index (κ1) is 24.7. The number of amides is 1. The number of para-hydroxylation sites is 1. The molecule has 0 bridgehead atoms. The van der Waals surface area contributed by atoms with Gasteiger partial charge in [0, 0.05) is 17.8 Å². The van der Waals surface area contributed by atoms with Crippen LogP contribution in [0.2, 0.25) is 5.02 Å². The highest BCUT2D eigenvalue weighted by Crippen LogP contribution is 2.35. The molecule has 8 nitrogen and oxygen atoms in total. The van der Waals surface area contributed by atoms with Gasteiger partial charge in [0.25, 0.3) is 15.7 Å². The van der Waals surface area contributed by atoms with Crippen LogP contribution in [0.15, 0.2) is 65.6 Å². The van der Waals surface area contributed by atoms with E-state index in [0.29, 0.717) is 17.7 Å². The first-order chi connectivity index (χ1) is 16.5. The second kappa shape index (κ2) is 9.31. The lowest BCUT2D eigenvalue weighted by Gasteiger charge is -2.29. The van der Waals surface area contributed by atoms with Gasteiger partial charge in [-0.3, -0.25) is 19.2 Å². The molecular weight excluding hydrogens is 490 g/mol. The molecule has 10 heteroatoms. The molecule has 1 atom stereocenters. The maximum absolute atomic E-state index is 13.8. The summed E-state index contributed by atoms with van der Waals surface area (Å²) < 4.78 is 28.7. The minimum Gasteiger partial charge on any atom is -0.307 e. The van der Waals surface area contributed by atoms with E-state index in [2.05, 4.69) is 0 Å². The summed E-state index contributed by atoms with van der Waals surface area (Å²) in [6.07, 6.45) is 0.668. The zero-order valence-electron chi connectivity index (χ0n) is 19.4. The predicted molar refractivity (Wildman–Crippen MR) is 136 cm³/mol. The zero-order chi connectivity index (χ0) is 25.5. The van der Waals surface area contributed by atoms with E-state index < -0.39 is 33.1 Å². The van der Waals surface area contributed by atoms with Crippen LogP contribution in [0, 0.1) is 24.0 Å². The van der Waals surface area contributed by atoms with Crippen LogP contribution in [0.25, 0.3) is 0 Å². The van der Waals surface area contributed by atoms with E-state index in [1.54, 1.807) is 24.0 Å². The maximum Gasteiger partial charge on any atom is 0.289 e. The Kier molecular flexibility index (Phi) is 6.57. The molecular formula is C25H24ClN3O5S. The van der Waals surface area contributed by atoms with E-state index in [4.69, 9.17) is 11.6 Å². The predicted octanol–water partition coefficient (Wildman–Crippen LogP) is 5.04. The van der Waals surface area contributed by atoms with Crippen LogP contribution in [0.4, 0.5) is 17.1 Å². The van der Waals surface area contributed by atoms with Crippen molar-refractivity contribution in [2.75, 3.05) is 15.7 Å². The van der Waals surface area contributed by atoms with E-state index in [1.807, 2.05) is 44.2 Å². The summed E-state index contributed by atoms with van der Waals surface area (Å²) >= 11 is 5.90. The molecule has 1 heterocycles. The van der Waals surface area contributed by atoms with Gasteiger partial charge in [0.05, 0.1) is 15.5 Å². The van der Waals surface area contributed by atoms with Crippen LogP contribution in [-0.4, -0.2) is 31.8 Å². The number of hydrogen-bond donors (Lipinski definition) is 0. The molecule has 1 aliphatic heterocycles. The van der Waals surface area contributed by atoms with Crippen LogP contribution in [-0.2, 0) is 21.2 Å². The monoisotopic (exact) mass is 513 g/mol. The summed E-state index contributed by atoms with van der Waals surface area (Å²) in [6, 6.07) is 15.9. The van der Waals surface area contributed by atoms with E-state index in [1.165, 1.54) is 12.1 Å². The fraction of sp³-hybridized carbons (Fsp3) is 0.240. The van der Waals surface area contributed by atoms with Gasteiger partial charge in [-0.25, -0.2) is 8.42 Å². The molecule has 0 saturated carbocycles. The third-order valence-corrected chi connectivity index (χ3v) is 8.15. The van der Waals surface area contributed by atoms with Gasteiger partial charge >= 0.3 is 0 Å². The Hall–Kier alpha value is -3.43. The van der Waals surface area contributed by atoms with Gasteiger partial charge < -0.3 is 4.90 Å². The van der Waals surface area contributed by atoms with Crippen LogP contribution >= 0.6 is 11.6 Å². The van der Waals surface area contributed by atoms with Crippen molar-refractivity contribution in [3.63, 3.8) is 0 Å². The number of rotatable bonds is 6. The summed E-state index contributed by atoms with van der Waals surface area (Å²) in [7, 11) is -4.36. The Labute approximate surface area is 208 Å². The summed E-state index contributed by atoms with van der Waals surface area (Å²) in [5.41, 5.74) is 3.15. The first-order valence-electron chi connectivity index (χ1n) is 10.9. The highest BCUT2D eigenvalue weighted by molar-refractivity contribution is 7.92. The number of anilines is 2. The lowest BCUT2D eigenvalue weighted by Crippen LogP contribution is -2.45. The normalized spacial score (nSPS) is 15.1. The lowest BCUT2D eigenvalue weighted by atomic mass is 10.1. The molecule has 182 valence electrons. The third-order valence-electron chi connectivity index (χ3n) is 6.08. The summed E-state index contributed by atoms with van der Waals surface area (Å²) in [5, 5.41) is 11.2. The summed E-state index contributed by atoms with van der Waals surface area (Å²) in [6.45, 7) is 5.08. The fourth-order valence-corrected chi connectivity index (χ4v) is 6.14. The quantitative estimate of drug-likeness (QED) is 0.339. The van der Waals surface area contributed by atoms with Crippen molar-refractivity contribution < 1.29 is 18.1 Å². The number of nitrogens with zero attached hydrogens (tertiary/aromatic N) is 3. The van der Waals surface area contributed by atoms with Crippen LogP contribution in [0.5, 0.6) is 0 Å². The van der Waals surface area contributed by atoms with Crippen molar-refractivity contribution in [1.29, 1.82) is 0 Å². The molecule has 1 amide bonds. The molecule has 0 unspecified atom stereocenters. The molecule has 0 aromatic heterocycles. The number of halogens is 1. The van der Waals surface area contributed by atoms with Crippen molar-refractivity contribution in [3.8, 4) is 0 Å². The second-order valence-corrected chi connectivity index (χ2v) is 10.9. The number of nitro benzene ring substituents is 1.